The van der Waals surface area contributed by atoms with Gasteiger partial charge in [-0.3, -0.25) is 4.79 Å². The molecule has 0 fully saturated rings. The van der Waals surface area contributed by atoms with Crippen LogP contribution in [0.1, 0.15) is 10.6 Å². The molecule has 1 aromatic carbocycles. The fourth-order valence-corrected chi connectivity index (χ4v) is 1.84. The Labute approximate surface area is 118 Å². The van der Waals surface area contributed by atoms with Crippen molar-refractivity contribution < 1.29 is 18.3 Å². The Morgan fingerprint density at radius 1 is 1.29 bits per heavy atom. The average Bonchev–Trinajstić information content (AvgIpc) is 3.16. The van der Waals surface area contributed by atoms with Gasteiger partial charge in [-0.15, -0.1) is 5.10 Å². The number of ether oxygens (including phenoxy) is 1. The van der Waals surface area contributed by atoms with Crippen LogP contribution in [0, 0.1) is 5.82 Å². The Kier molecular flexibility index (Phi) is 3.23. The van der Waals surface area contributed by atoms with Crippen molar-refractivity contribution in [3.05, 3.63) is 54.2 Å². The zero-order valence-corrected chi connectivity index (χ0v) is 11.0. The van der Waals surface area contributed by atoms with Gasteiger partial charge >= 0.3 is 11.9 Å². The van der Waals surface area contributed by atoms with Crippen molar-refractivity contribution in [2.24, 2.45) is 0 Å². The second kappa shape index (κ2) is 5.20. The summed E-state index contributed by atoms with van der Waals surface area (Å²) >= 11 is 0. The van der Waals surface area contributed by atoms with Gasteiger partial charge in [-0.25, -0.2) is 4.39 Å². The Bertz CT molecular complexity index is 781. The van der Waals surface area contributed by atoms with Crippen molar-refractivity contribution in [3.63, 3.8) is 0 Å². The van der Waals surface area contributed by atoms with Crippen LogP contribution < -0.4 is 4.74 Å². The first-order chi connectivity index (χ1) is 10.2. The molecule has 0 amide bonds. The van der Waals surface area contributed by atoms with Crippen molar-refractivity contribution in [2.75, 3.05) is 7.11 Å². The zero-order valence-electron chi connectivity index (χ0n) is 11.0. The molecule has 0 spiro atoms. The molecule has 7 heteroatoms. The molecule has 0 aliphatic carbocycles. The summed E-state index contributed by atoms with van der Waals surface area (Å²) in [6.45, 7) is 0. The maximum atomic E-state index is 13.9. The van der Waals surface area contributed by atoms with Gasteiger partial charge in [0.2, 0.25) is 0 Å². The fraction of sp³-hybridized carbons (Fsp3) is 0.0714. The lowest BCUT2D eigenvalue weighted by Gasteiger charge is -2.03. The van der Waals surface area contributed by atoms with Crippen LogP contribution in [-0.4, -0.2) is 27.8 Å². The molecular formula is C14H10FN3O3. The number of carbonyl (C=O) groups is 1. The predicted molar refractivity (Wildman–Crippen MR) is 70.4 cm³/mol. The second-order valence-electron chi connectivity index (χ2n) is 4.10. The van der Waals surface area contributed by atoms with Gasteiger partial charge in [0, 0.05) is 0 Å². The number of hydrogen-bond donors (Lipinski definition) is 0. The highest BCUT2D eigenvalue weighted by Crippen LogP contribution is 2.23. The quantitative estimate of drug-likeness (QED) is 0.739. The minimum Gasteiger partial charge on any atom is -0.466 e. The van der Waals surface area contributed by atoms with E-state index in [4.69, 9.17) is 9.15 Å². The van der Waals surface area contributed by atoms with Gasteiger partial charge in [0.25, 0.3) is 0 Å². The normalized spacial score (nSPS) is 10.6. The van der Waals surface area contributed by atoms with Crippen LogP contribution in [-0.2, 0) is 0 Å². The van der Waals surface area contributed by atoms with Crippen LogP contribution in [0.15, 0.2) is 47.1 Å². The molecule has 21 heavy (non-hydrogen) atoms. The standard InChI is InChI=1S/C14H10FN3O3/c1-20-14-16-12(9-5-2-3-6-10(9)15)18(17-14)13(19)11-7-4-8-21-11/h2-8H,1H3. The number of hydrogen-bond acceptors (Lipinski definition) is 5. The topological polar surface area (TPSA) is 70.2 Å². The number of furan rings is 1. The van der Waals surface area contributed by atoms with E-state index in [0.717, 1.165) is 4.68 Å². The highest BCUT2D eigenvalue weighted by atomic mass is 19.1. The van der Waals surface area contributed by atoms with E-state index in [1.165, 1.54) is 31.6 Å². The van der Waals surface area contributed by atoms with Gasteiger partial charge in [-0.05, 0) is 24.3 Å². The van der Waals surface area contributed by atoms with Crippen molar-refractivity contribution in [1.29, 1.82) is 0 Å². The molecule has 3 rings (SSSR count). The van der Waals surface area contributed by atoms with E-state index in [2.05, 4.69) is 10.1 Å². The van der Waals surface area contributed by atoms with Crippen LogP contribution in [0.5, 0.6) is 6.01 Å². The summed E-state index contributed by atoms with van der Waals surface area (Å²) in [7, 11) is 1.36. The van der Waals surface area contributed by atoms with E-state index in [1.807, 2.05) is 0 Å². The Balaban J connectivity index is 2.15. The van der Waals surface area contributed by atoms with Gasteiger partial charge in [0.1, 0.15) is 5.82 Å². The number of carbonyl (C=O) groups excluding carboxylic acids is 1. The summed E-state index contributed by atoms with van der Waals surface area (Å²) in [5.41, 5.74) is 0.146. The highest BCUT2D eigenvalue weighted by Gasteiger charge is 2.22. The number of methoxy groups -OCH3 is 1. The lowest BCUT2D eigenvalue weighted by molar-refractivity contribution is 0.0917. The molecule has 6 nitrogen and oxygen atoms in total. The summed E-state index contributed by atoms with van der Waals surface area (Å²) < 4.78 is 24.8. The number of rotatable bonds is 3. The third kappa shape index (κ3) is 2.29. The minimum absolute atomic E-state index is 0.0341. The van der Waals surface area contributed by atoms with E-state index < -0.39 is 11.7 Å². The first-order valence-corrected chi connectivity index (χ1v) is 6.05. The molecule has 0 radical (unpaired) electrons. The molecule has 3 aromatic rings. The van der Waals surface area contributed by atoms with E-state index in [0.29, 0.717) is 0 Å². The number of halogens is 1. The first kappa shape index (κ1) is 13.0. The molecule has 0 bridgehead atoms. The Morgan fingerprint density at radius 3 is 2.76 bits per heavy atom. The molecule has 0 unspecified atom stereocenters. The lowest BCUT2D eigenvalue weighted by atomic mass is 10.2. The van der Waals surface area contributed by atoms with Crippen LogP contribution in [0.4, 0.5) is 4.39 Å². The van der Waals surface area contributed by atoms with Crippen molar-refractivity contribution in [1.82, 2.24) is 14.8 Å². The summed E-state index contributed by atoms with van der Waals surface area (Å²) in [6.07, 6.45) is 1.37. The van der Waals surface area contributed by atoms with E-state index in [9.17, 15) is 9.18 Å². The van der Waals surface area contributed by atoms with E-state index >= 15 is 0 Å². The monoisotopic (exact) mass is 287 g/mol. The minimum atomic E-state index is -0.561. The van der Waals surface area contributed by atoms with Crippen LogP contribution in [0.2, 0.25) is 0 Å². The summed E-state index contributed by atoms with van der Waals surface area (Å²) in [5.74, 6) is -0.957. The molecule has 106 valence electrons. The smallest absolute Gasteiger partial charge is 0.336 e. The average molecular weight is 287 g/mol. The van der Waals surface area contributed by atoms with Gasteiger partial charge in [0.05, 0.1) is 18.9 Å². The number of benzene rings is 1. The highest BCUT2D eigenvalue weighted by molar-refractivity contribution is 5.94. The summed E-state index contributed by atoms with van der Waals surface area (Å²) in [4.78, 5) is 16.3. The molecule has 0 aliphatic heterocycles. The van der Waals surface area contributed by atoms with E-state index in [1.54, 1.807) is 18.2 Å². The SMILES string of the molecule is COc1nc(-c2ccccc2F)n(C(=O)c2ccco2)n1. The van der Waals surface area contributed by atoms with Crippen molar-refractivity contribution in [3.8, 4) is 17.4 Å². The molecular weight excluding hydrogens is 277 g/mol. The van der Waals surface area contributed by atoms with Gasteiger partial charge < -0.3 is 9.15 Å². The molecule has 0 saturated heterocycles. The number of aromatic nitrogens is 3. The molecule has 0 saturated carbocycles. The van der Waals surface area contributed by atoms with Crippen LogP contribution in [0.3, 0.4) is 0 Å². The predicted octanol–water partition coefficient (Wildman–Crippen LogP) is 2.37. The Hall–Kier alpha value is -2.96. The van der Waals surface area contributed by atoms with Crippen LogP contribution in [0.25, 0.3) is 11.4 Å². The van der Waals surface area contributed by atoms with Gasteiger partial charge in [-0.1, -0.05) is 12.1 Å². The maximum Gasteiger partial charge on any atom is 0.336 e. The Morgan fingerprint density at radius 2 is 2.10 bits per heavy atom. The lowest BCUT2D eigenvalue weighted by Crippen LogP contribution is -2.14. The molecule has 0 atom stereocenters. The molecule has 2 heterocycles. The molecule has 2 aromatic heterocycles. The third-order valence-electron chi connectivity index (χ3n) is 2.81. The van der Waals surface area contributed by atoms with Gasteiger partial charge in [-0.2, -0.15) is 9.67 Å². The molecule has 0 N–H and O–H groups in total. The third-order valence-corrected chi connectivity index (χ3v) is 2.81. The van der Waals surface area contributed by atoms with Crippen molar-refractivity contribution >= 4 is 5.91 Å². The summed E-state index contributed by atoms with van der Waals surface area (Å²) in [6, 6.07) is 8.99. The van der Waals surface area contributed by atoms with Crippen LogP contribution >= 0.6 is 0 Å². The maximum absolute atomic E-state index is 13.9. The van der Waals surface area contributed by atoms with Gasteiger partial charge in [0.15, 0.2) is 11.6 Å². The summed E-state index contributed by atoms with van der Waals surface area (Å²) in [5, 5.41) is 3.91. The second-order valence-corrected chi connectivity index (χ2v) is 4.10. The molecule has 0 aliphatic rings. The zero-order chi connectivity index (χ0) is 14.8. The fourth-order valence-electron chi connectivity index (χ4n) is 1.84. The first-order valence-electron chi connectivity index (χ1n) is 6.05. The van der Waals surface area contributed by atoms with Crippen molar-refractivity contribution in [2.45, 2.75) is 0 Å². The number of nitrogens with zero attached hydrogens (tertiary/aromatic N) is 3. The largest absolute Gasteiger partial charge is 0.466 e. The van der Waals surface area contributed by atoms with E-state index in [-0.39, 0.29) is 23.2 Å².